The van der Waals surface area contributed by atoms with Crippen LogP contribution in [0.15, 0.2) is 48.7 Å². The van der Waals surface area contributed by atoms with Gasteiger partial charge in [0.25, 0.3) is 5.91 Å². The van der Waals surface area contributed by atoms with Crippen molar-refractivity contribution >= 4 is 11.9 Å². The molecule has 0 saturated heterocycles. The van der Waals surface area contributed by atoms with Crippen LogP contribution in [0.25, 0.3) is 0 Å². The van der Waals surface area contributed by atoms with Crippen LogP contribution in [0.5, 0.6) is 5.88 Å². The van der Waals surface area contributed by atoms with Crippen molar-refractivity contribution in [2.45, 2.75) is 31.5 Å². The fourth-order valence-electron chi connectivity index (χ4n) is 2.51. The fourth-order valence-corrected chi connectivity index (χ4v) is 2.51. The van der Waals surface area contributed by atoms with E-state index >= 15 is 0 Å². The van der Waals surface area contributed by atoms with E-state index in [-0.39, 0.29) is 18.4 Å². The number of benzene rings is 1. The number of halogens is 3. The maximum atomic E-state index is 12.6. The van der Waals surface area contributed by atoms with E-state index in [1.165, 1.54) is 18.3 Å². The van der Waals surface area contributed by atoms with Gasteiger partial charge in [-0.05, 0) is 30.5 Å². The van der Waals surface area contributed by atoms with Crippen molar-refractivity contribution in [3.8, 4) is 5.88 Å². The zero-order valence-electron chi connectivity index (χ0n) is 14.8. The number of carboxylic acids is 1. The van der Waals surface area contributed by atoms with Crippen LogP contribution in [0.2, 0.25) is 0 Å². The molecule has 1 aromatic carbocycles. The summed E-state index contributed by atoms with van der Waals surface area (Å²) in [5.74, 6) is -2.13. The van der Waals surface area contributed by atoms with E-state index < -0.39 is 36.6 Å². The van der Waals surface area contributed by atoms with Gasteiger partial charge < -0.3 is 15.2 Å². The van der Waals surface area contributed by atoms with Crippen LogP contribution in [0.4, 0.5) is 13.2 Å². The summed E-state index contributed by atoms with van der Waals surface area (Å²) < 4.78 is 41.8. The van der Waals surface area contributed by atoms with Gasteiger partial charge in [0.05, 0.1) is 0 Å². The van der Waals surface area contributed by atoms with Crippen LogP contribution < -0.4 is 10.1 Å². The Bertz CT molecular complexity index is 797. The van der Waals surface area contributed by atoms with Crippen LogP contribution in [-0.4, -0.2) is 40.8 Å². The number of carbonyl (C=O) groups excluding carboxylic acids is 1. The van der Waals surface area contributed by atoms with Crippen molar-refractivity contribution in [3.05, 3.63) is 59.8 Å². The van der Waals surface area contributed by atoms with E-state index in [1.807, 2.05) is 30.3 Å². The van der Waals surface area contributed by atoms with Gasteiger partial charge in [0.1, 0.15) is 5.56 Å². The number of ether oxygens (including phenoxy) is 1. The summed E-state index contributed by atoms with van der Waals surface area (Å²) >= 11 is 0. The van der Waals surface area contributed by atoms with Crippen molar-refractivity contribution < 1.29 is 32.6 Å². The maximum Gasteiger partial charge on any atom is 0.422 e. The first kappa shape index (κ1) is 21.2. The molecule has 1 unspecified atom stereocenters. The Hall–Kier alpha value is -3.10. The van der Waals surface area contributed by atoms with Crippen molar-refractivity contribution in [1.82, 2.24) is 10.3 Å². The predicted molar refractivity (Wildman–Crippen MR) is 94.1 cm³/mol. The van der Waals surface area contributed by atoms with Gasteiger partial charge in [-0.3, -0.25) is 9.59 Å². The molecule has 2 N–H and O–H groups in total. The molecular formula is C19H19F3N2O4. The quantitative estimate of drug-likeness (QED) is 0.680. The molecule has 0 saturated carbocycles. The van der Waals surface area contributed by atoms with E-state index in [4.69, 9.17) is 5.11 Å². The van der Waals surface area contributed by atoms with Gasteiger partial charge in [-0.25, -0.2) is 4.98 Å². The summed E-state index contributed by atoms with van der Waals surface area (Å²) in [6, 6.07) is 11.3. The van der Waals surface area contributed by atoms with Gasteiger partial charge in [-0.2, -0.15) is 13.2 Å². The molecule has 0 fully saturated rings. The third-order valence-corrected chi connectivity index (χ3v) is 3.76. The van der Waals surface area contributed by atoms with Crippen LogP contribution in [0, 0.1) is 0 Å². The Labute approximate surface area is 159 Å². The maximum absolute atomic E-state index is 12.6. The van der Waals surface area contributed by atoms with Gasteiger partial charge in [0, 0.05) is 18.7 Å². The van der Waals surface area contributed by atoms with Crippen LogP contribution in [0.1, 0.15) is 28.8 Å². The van der Waals surface area contributed by atoms with E-state index in [2.05, 4.69) is 15.0 Å². The lowest BCUT2D eigenvalue weighted by Gasteiger charge is -2.19. The average molecular weight is 396 g/mol. The molecule has 6 nitrogen and oxygen atoms in total. The highest BCUT2D eigenvalue weighted by Gasteiger charge is 2.30. The van der Waals surface area contributed by atoms with E-state index in [0.717, 1.165) is 5.56 Å². The van der Waals surface area contributed by atoms with Crippen molar-refractivity contribution in [2.75, 3.05) is 6.61 Å². The van der Waals surface area contributed by atoms with Gasteiger partial charge in [-0.1, -0.05) is 30.3 Å². The van der Waals surface area contributed by atoms with Crippen LogP contribution in [-0.2, 0) is 11.2 Å². The van der Waals surface area contributed by atoms with Gasteiger partial charge in [-0.15, -0.1) is 0 Å². The Kier molecular flexibility index (Phi) is 7.36. The highest BCUT2D eigenvalue weighted by Crippen LogP contribution is 2.20. The average Bonchev–Trinajstić information content (AvgIpc) is 2.65. The standard InChI is InChI=1S/C19H19F3N2O4/c20-19(21,22)12-28-18-15(7-4-10-23-18)17(27)24-14(8-9-16(25)26)11-13-5-2-1-3-6-13/h1-7,10,14H,8-9,11-12H2,(H,24,27)(H,25,26). The first-order chi connectivity index (χ1) is 13.2. The molecule has 1 aromatic heterocycles. The summed E-state index contributed by atoms with van der Waals surface area (Å²) in [7, 11) is 0. The third-order valence-electron chi connectivity index (χ3n) is 3.76. The molecule has 0 bridgehead atoms. The Morgan fingerprint density at radius 2 is 1.86 bits per heavy atom. The van der Waals surface area contributed by atoms with Gasteiger partial charge in [0.15, 0.2) is 6.61 Å². The zero-order valence-corrected chi connectivity index (χ0v) is 14.8. The van der Waals surface area contributed by atoms with Crippen molar-refractivity contribution in [1.29, 1.82) is 0 Å². The number of carbonyl (C=O) groups is 2. The van der Waals surface area contributed by atoms with Gasteiger partial charge in [0.2, 0.25) is 5.88 Å². The largest absolute Gasteiger partial charge is 0.481 e. The SMILES string of the molecule is O=C(O)CCC(Cc1ccccc1)NC(=O)c1cccnc1OCC(F)(F)F. The molecule has 2 aromatic rings. The molecule has 0 aliphatic heterocycles. The fraction of sp³-hybridized carbons (Fsp3) is 0.316. The van der Waals surface area contributed by atoms with E-state index in [1.54, 1.807) is 0 Å². The lowest BCUT2D eigenvalue weighted by atomic mass is 10.0. The van der Waals surface area contributed by atoms with Crippen LogP contribution >= 0.6 is 0 Å². The Morgan fingerprint density at radius 1 is 1.14 bits per heavy atom. The van der Waals surface area contributed by atoms with Gasteiger partial charge >= 0.3 is 12.1 Å². The topological polar surface area (TPSA) is 88.5 Å². The number of pyridine rings is 1. The molecule has 0 spiro atoms. The number of aromatic nitrogens is 1. The van der Waals surface area contributed by atoms with E-state index in [0.29, 0.717) is 6.42 Å². The minimum Gasteiger partial charge on any atom is -0.481 e. The molecule has 2 rings (SSSR count). The molecule has 0 aliphatic carbocycles. The number of carboxylic acid groups (broad SMARTS) is 1. The number of alkyl halides is 3. The molecule has 1 heterocycles. The first-order valence-electron chi connectivity index (χ1n) is 8.46. The second-order valence-corrected chi connectivity index (χ2v) is 6.05. The lowest BCUT2D eigenvalue weighted by molar-refractivity contribution is -0.154. The minimum atomic E-state index is -4.57. The number of aliphatic carboxylic acids is 1. The molecular weight excluding hydrogens is 377 g/mol. The summed E-state index contributed by atoms with van der Waals surface area (Å²) in [6.07, 6.45) is -2.98. The smallest absolute Gasteiger partial charge is 0.422 e. The van der Waals surface area contributed by atoms with Crippen molar-refractivity contribution in [2.24, 2.45) is 0 Å². The highest BCUT2D eigenvalue weighted by atomic mass is 19.4. The molecule has 1 amide bonds. The minimum absolute atomic E-state index is 0.153. The number of nitrogens with one attached hydrogen (secondary N) is 1. The summed E-state index contributed by atoms with van der Waals surface area (Å²) in [6.45, 7) is -1.57. The predicted octanol–water partition coefficient (Wildman–Crippen LogP) is 3.23. The first-order valence-corrected chi connectivity index (χ1v) is 8.46. The normalized spacial score (nSPS) is 12.2. The number of nitrogens with zero attached hydrogens (tertiary/aromatic N) is 1. The Balaban J connectivity index is 2.12. The summed E-state index contributed by atoms with van der Waals surface area (Å²) in [5, 5.41) is 11.6. The molecule has 0 radical (unpaired) electrons. The molecule has 1 atom stereocenters. The number of hydrogen-bond acceptors (Lipinski definition) is 4. The molecule has 150 valence electrons. The van der Waals surface area contributed by atoms with Crippen molar-refractivity contribution in [3.63, 3.8) is 0 Å². The van der Waals surface area contributed by atoms with E-state index in [9.17, 15) is 22.8 Å². The number of amides is 1. The zero-order chi connectivity index (χ0) is 20.6. The summed E-state index contributed by atoms with van der Waals surface area (Å²) in [5.41, 5.74) is 0.734. The molecule has 0 aliphatic rings. The monoisotopic (exact) mass is 396 g/mol. The third kappa shape index (κ3) is 7.26. The summed E-state index contributed by atoms with van der Waals surface area (Å²) in [4.78, 5) is 27.2. The highest BCUT2D eigenvalue weighted by molar-refractivity contribution is 5.96. The molecule has 9 heteroatoms. The number of rotatable bonds is 9. The second-order valence-electron chi connectivity index (χ2n) is 6.05. The Morgan fingerprint density at radius 3 is 2.50 bits per heavy atom. The second kappa shape index (κ2) is 9.72. The van der Waals surface area contributed by atoms with Crippen LogP contribution in [0.3, 0.4) is 0 Å². The molecule has 28 heavy (non-hydrogen) atoms. The number of hydrogen-bond donors (Lipinski definition) is 2. The lowest BCUT2D eigenvalue weighted by Crippen LogP contribution is -2.37.